The van der Waals surface area contributed by atoms with Gasteiger partial charge in [-0.1, -0.05) is 26.0 Å². The molecule has 2 aromatic rings. The molecule has 0 bridgehead atoms. The van der Waals surface area contributed by atoms with E-state index in [2.05, 4.69) is 41.3 Å². The smallest absolute Gasteiger partial charge is 0.201 e. The van der Waals surface area contributed by atoms with Crippen molar-refractivity contribution in [3.8, 4) is 0 Å². The Morgan fingerprint density at radius 2 is 2.00 bits per heavy atom. The van der Waals surface area contributed by atoms with Crippen molar-refractivity contribution in [1.82, 2.24) is 14.5 Å². The van der Waals surface area contributed by atoms with Crippen LogP contribution >= 0.6 is 0 Å². The second-order valence-electron chi connectivity index (χ2n) is 4.94. The highest BCUT2D eigenvalue weighted by molar-refractivity contribution is 5.81. The summed E-state index contributed by atoms with van der Waals surface area (Å²) in [5.41, 5.74) is 9.46. The summed E-state index contributed by atoms with van der Waals surface area (Å²) < 4.78 is 2.15. The first-order chi connectivity index (χ1) is 9.17. The number of hydrogen-bond donors (Lipinski definition) is 1. The Bertz CT molecular complexity index is 540. The van der Waals surface area contributed by atoms with Crippen LogP contribution in [0.4, 0.5) is 5.95 Å². The zero-order chi connectivity index (χ0) is 13.8. The Morgan fingerprint density at radius 3 is 2.68 bits per heavy atom. The molecule has 0 radical (unpaired) electrons. The van der Waals surface area contributed by atoms with Crippen LogP contribution in [0, 0.1) is 6.92 Å². The number of nitrogen functional groups attached to an aromatic ring is 1. The normalized spacial score (nSPS) is 11.6. The molecule has 0 amide bonds. The maximum atomic E-state index is 6.04. The summed E-state index contributed by atoms with van der Waals surface area (Å²) >= 11 is 0. The molecule has 4 heteroatoms. The number of rotatable bonds is 6. The van der Waals surface area contributed by atoms with Crippen LogP contribution in [0.1, 0.15) is 25.8 Å². The fourth-order valence-electron chi connectivity index (χ4n) is 2.60. The molecular formula is C15H24N4. The lowest BCUT2D eigenvalue weighted by molar-refractivity contribution is 0.294. The molecule has 0 fully saturated rings. The number of para-hydroxylation sites is 1. The van der Waals surface area contributed by atoms with E-state index in [9.17, 15) is 0 Å². The van der Waals surface area contributed by atoms with E-state index in [4.69, 9.17) is 5.73 Å². The fourth-order valence-corrected chi connectivity index (χ4v) is 2.60. The molecule has 4 nitrogen and oxygen atoms in total. The summed E-state index contributed by atoms with van der Waals surface area (Å²) in [7, 11) is 0. The molecule has 0 atom stereocenters. The highest BCUT2D eigenvalue weighted by atomic mass is 15.2. The number of nitrogens with zero attached hydrogens (tertiary/aromatic N) is 3. The molecule has 1 heterocycles. The molecule has 1 aromatic carbocycles. The second-order valence-corrected chi connectivity index (χ2v) is 4.94. The Balaban J connectivity index is 2.14. The predicted octanol–water partition coefficient (Wildman–Crippen LogP) is 2.66. The molecule has 2 rings (SSSR count). The summed E-state index contributed by atoms with van der Waals surface area (Å²) in [6, 6.07) is 6.17. The minimum absolute atomic E-state index is 0.629. The van der Waals surface area contributed by atoms with E-state index in [1.807, 2.05) is 12.1 Å². The van der Waals surface area contributed by atoms with Gasteiger partial charge in [-0.15, -0.1) is 0 Å². The summed E-state index contributed by atoms with van der Waals surface area (Å²) in [6.07, 6.45) is 1.10. The number of imidazole rings is 1. The van der Waals surface area contributed by atoms with Gasteiger partial charge in [0.05, 0.1) is 11.0 Å². The minimum atomic E-state index is 0.629. The predicted molar refractivity (Wildman–Crippen MR) is 81.3 cm³/mol. The van der Waals surface area contributed by atoms with Gasteiger partial charge in [0, 0.05) is 6.54 Å². The van der Waals surface area contributed by atoms with Crippen LogP contribution in [0.25, 0.3) is 11.0 Å². The van der Waals surface area contributed by atoms with Gasteiger partial charge in [0.2, 0.25) is 5.95 Å². The zero-order valence-corrected chi connectivity index (χ0v) is 12.2. The summed E-state index contributed by atoms with van der Waals surface area (Å²) in [4.78, 5) is 6.87. The third kappa shape index (κ3) is 2.89. The van der Waals surface area contributed by atoms with E-state index >= 15 is 0 Å². The van der Waals surface area contributed by atoms with Crippen molar-refractivity contribution in [1.29, 1.82) is 0 Å². The highest BCUT2D eigenvalue weighted by Gasteiger charge is 2.10. The van der Waals surface area contributed by atoms with Gasteiger partial charge in [-0.05, 0) is 44.6 Å². The van der Waals surface area contributed by atoms with E-state index in [-0.39, 0.29) is 0 Å². The van der Waals surface area contributed by atoms with Crippen LogP contribution in [-0.2, 0) is 6.54 Å². The standard InChI is InChI=1S/C15H24N4/c1-4-18(5-2)10-7-11-19-14-12(3)8-6-9-13(14)17-15(19)16/h6,8-9H,4-5,7,10-11H2,1-3H3,(H2,16,17). The van der Waals surface area contributed by atoms with Gasteiger partial charge in [-0.3, -0.25) is 0 Å². The summed E-state index contributed by atoms with van der Waals surface area (Å²) in [6.45, 7) is 10.8. The maximum Gasteiger partial charge on any atom is 0.201 e. The second kappa shape index (κ2) is 6.06. The average molecular weight is 260 g/mol. The zero-order valence-electron chi connectivity index (χ0n) is 12.2. The highest BCUT2D eigenvalue weighted by Crippen LogP contribution is 2.21. The Kier molecular flexibility index (Phi) is 4.43. The summed E-state index contributed by atoms with van der Waals surface area (Å²) in [5.74, 6) is 0.629. The lowest BCUT2D eigenvalue weighted by Gasteiger charge is -2.18. The van der Waals surface area contributed by atoms with Crippen molar-refractivity contribution in [3.63, 3.8) is 0 Å². The third-order valence-corrected chi connectivity index (χ3v) is 3.75. The van der Waals surface area contributed by atoms with Gasteiger partial charge < -0.3 is 15.2 Å². The topological polar surface area (TPSA) is 47.1 Å². The first-order valence-corrected chi connectivity index (χ1v) is 7.11. The molecule has 0 aliphatic carbocycles. The molecule has 0 unspecified atom stereocenters. The van der Waals surface area contributed by atoms with Gasteiger partial charge in [0.1, 0.15) is 0 Å². The van der Waals surface area contributed by atoms with Crippen molar-refractivity contribution in [2.24, 2.45) is 0 Å². The van der Waals surface area contributed by atoms with Crippen LogP contribution in [0.2, 0.25) is 0 Å². The monoisotopic (exact) mass is 260 g/mol. The molecule has 0 aliphatic heterocycles. The quantitative estimate of drug-likeness (QED) is 0.868. The number of benzene rings is 1. The Hall–Kier alpha value is -1.55. The van der Waals surface area contributed by atoms with E-state index < -0.39 is 0 Å². The molecule has 0 aliphatic rings. The van der Waals surface area contributed by atoms with E-state index in [0.717, 1.165) is 38.1 Å². The molecule has 0 saturated heterocycles. The largest absolute Gasteiger partial charge is 0.369 e. The van der Waals surface area contributed by atoms with E-state index in [0.29, 0.717) is 5.95 Å². The molecule has 19 heavy (non-hydrogen) atoms. The van der Waals surface area contributed by atoms with Gasteiger partial charge in [-0.25, -0.2) is 4.98 Å². The number of aryl methyl sites for hydroxylation is 2. The van der Waals surface area contributed by atoms with Crippen LogP contribution in [0.15, 0.2) is 18.2 Å². The number of aromatic nitrogens is 2. The van der Waals surface area contributed by atoms with Crippen molar-refractivity contribution in [2.45, 2.75) is 33.7 Å². The molecule has 0 saturated carbocycles. The van der Waals surface area contributed by atoms with Crippen molar-refractivity contribution in [3.05, 3.63) is 23.8 Å². The molecule has 0 spiro atoms. The Morgan fingerprint density at radius 1 is 1.26 bits per heavy atom. The van der Waals surface area contributed by atoms with Crippen LogP contribution < -0.4 is 5.73 Å². The maximum absolute atomic E-state index is 6.04. The third-order valence-electron chi connectivity index (χ3n) is 3.75. The molecule has 2 N–H and O–H groups in total. The number of hydrogen-bond acceptors (Lipinski definition) is 3. The van der Waals surface area contributed by atoms with Gasteiger partial charge in [0.15, 0.2) is 0 Å². The lowest BCUT2D eigenvalue weighted by atomic mass is 10.2. The van der Waals surface area contributed by atoms with Crippen molar-refractivity contribution in [2.75, 3.05) is 25.4 Å². The van der Waals surface area contributed by atoms with E-state index in [1.54, 1.807) is 0 Å². The lowest BCUT2D eigenvalue weighted by Crippen LogP contribution is -2.25. The number of fused-ring (bicyclic) bond motifs is 1. The van der Waals surface area contributed by atoms with E-state index in [1.165, 1.54) is 11.1 Å². The van der Waals surface area contributed by atoms with Gasteiger partial charge in [-0.2, -0.15) is 0 Å². The van der Waals surface area contributed by atoms with Crippen LogP contribution in [0.3, 0.4) is 0 Å². The summed E-state index contributed by atoms with van der Waals surface area (Å²) in [5, 5.41) is 0. The van der Waals surface area contributed by atoms with Crippen molar-refractivity contribution >= 4 is 17.0 Å². The average Bonchev–Trinajstić information content (AvgIpc) is 2.72. The van der Waals surface area contributed by atoms with Gasteiger partial charge >= 0.3 is 0 Å². The van der Waals surface area contributed by atoms with Gasteiger partial charge in [0.25, 0.3) is 0 Å². The molecule has 104 valence electrons. The number of anilines is 1. The SMILES string of the molecule is CCN(CC)CCCn1c(N)nc2cccc(C)c21. The Labute approximate surface area is 115 Å². The number of nitrogens with two attached hydrogens (primary N) is 1. The van der Waals surface area contributed by atoms with Crippen molar-refractivity contribution < 1.29 is 0 Å². The first-order valence-electron chi connectivity index (χ1n) is 7.11. The fraction of sp³-hybridized carbons (Fsp3) is 0.533. The first kappa shape index (κ1) is 13.9. The molecular weight excluding hydrogens is 236 g/mol. The van der Waals surface area contributed by atoms with Crippen LogP contribution in [-0.4, -0.2) is 34.1 Å². The molecule has 1 aromatic heterocycles. The minimum Gasteiger partial charge on any atom is -0.369 e. The van der Waals surface area contributed by atoms with Crippen LogP contribution in [0.5, 0.6) is 0 Å².